The molecule has 762 valence electrons. The van der Waals surface area contributed by atoms with Gasteiger partial charge in [-0.1, -0.05) is 63.5 Å². The Morgan fingerprint density at radius 1 is 0.463 bits per heavy atom. The highest BCUT2D eigenvalue weighted by Crippen LogP contribution is 2.46. The summed E-state index contributed by atoms with van der Waals surface area (Å²) in [7, 11) is 0. The number of aliphatic hydroxyl groups is 5. The first-order chi connectivity index (χ1) is 70.9. The standard InChI is InChI=1S/C28H29F3N6O4S.C27H30N8O4S.C24H24N6O2S.C22H22N6O3S/c1-2-32-26(39)36-27-35-23-14-18(17-3-4-21(34-16-17)25(38)28(29,30)31)13-20(24(23)42-27)22-15-19(5-6-33-22)41-12-9-37-7-10-40-11-8-37;1-4-28-25(39)34-26-32-19-12-16(17-13-30-22(15(2)36)31-14-17)11-18(21(19)40-26)23-29-8-5-20(33-23)35-9-6-27(3,7-10-35)24(37)38;1-2-25-22(31)30-23-29-19-12-15(11-17(20(19)33-23)18-7-3-6-10-26-18)16-13-27-21(28-14-16)24(32)8-4-5-9-24;1-3-23-21(31)28-22-27-17-9-13(14-10-25-20(26-11-14)18(30)12(2)29)8-15(19(17)32-22)16-6-4-5-7-24-16/h3-6,13-16,25,38H,2,7-12H2,1H3,(H2,32,35,36,39);5,8,11-15,36H,4,6-7,9-10H2,1-3H3,(H,37,38)(H2,28,32,34,39);3,6-7,10-14,32H,2,4-5,8-9H2,1H3,(H2,25,29,30,31);4-12,18,29-30H,3H2,1-2H3,(H2,23,27,28,31)/t;;;12-,18+/m...1/s1. The molecule has 1 saturated carbocycles. The van der Waals surface area contributed by atoms with E-state index in [2.05, 4.69) is 127 Å². The van der Waals surface area contributed by atoms with Crippen molar-refractivity contribution in [1.29, 1.82) is 0 Å². The summed E-state index contributed by atoms with van der Waals surface area (Å²) in [6, 6.07) is 33.4. The van der Waals surface area contributed by atoms with E-state index in [1.54, 1.807) is 94.9 Å². The van der Waals surface area contributed by atoms with Gasteiger partial charge in [-0.2, -0.15) is 13.2 Å². The second-order valence-corrected chi connectivity index (χ2v) is 38.7. The Kier molecular flexibility index (Phi) is 33.9. The number of alkyl halides is 3. The average molecular weight is 2080 g/mol. The van der Waals surface area contributed by atoms with Crippen LogP contribution in [0, 0.1) is 5.41 Å². The van der Waals surface area contributed by atoms with E-state index in [1.165, 1.54) is 64.5 Å². The largest absolute Gasteiger partial charge is 0.492 e. The number of pyridine rings is 4. The van der Waals surface area contributed by atoms with Crippen LogP contribution in [0.1, 0.15) is 128 Å². The zero-order valence-corrected chi connectivity index (χ0v) is 84.0. The molecule has 8 amide bonds. The van der Waals surface area contributed by atoms with E-state index in [0.717, 1.165) is 124 Å². The molecule has 147 heavy (non-hydrogen) atoms. The van der Waals surface area contributed by atoms with Gasteiger partial charge in [-0.3, -0.25) is 50.9 Å². The van der Waals surface area contributed by atoms with Gasteiger partial charge in [0.25, 0.3) is 0 Å². The molecule has 14 N–H and O–H groups in total. The zero-order chi connectivity index (χ0) is 104. The Hall–Kier alpha value is -15.0. The molecule has 16 aromatic rings. The topological polar surface area (TPSA) is 534 Å². The van der Waals surface area contributed by atoms with Gasteiger partial charge in [0.05, 0.1) is 88.4 Å². The number of rotatable bonds is 27. The number of halogens is 3. The second kappa shape index (κ2) is 47.5. The monoisotopic (exact) mass is 2070 g/mol. The van der Waals surface area contributed by atoms with Crippen LogP contribution in [-0.2, 0) is 15.1 Å². The molecule has 2 saturated heterocycles. The third-order valence-electron chi connectivity index (χ3n) is 24.1. The van der Waals surface area contributed by atoms with Crippen LogP contribution in [0.15, 0.2) is 183 Å². The number of carbonyl (C=O) groups is 5. The number of aromatic nitrogens is 16. The van der Waals surface area contributed by atoms with Crippen molar-refractivity contribution in [3.63, 3.8) is 0 Å². The van der Waals surface area contributed by atoms with E-state index in [4.69, 9.17) is 14.5 Å². The predicted molar refractivity (Wildman–Crippen MR) is 557 cm³/mol. The fourth-order valence-corrected chi connectivity index (χ4v) is 20.1. The third-order valence-corrected chi connectivity index (χ3v) is 28.2. The van der Waals surface area contributed by atoms with Crippen LogP contribution < -0.4 is 52.2 Å². The number of fused-ring (bicyclic) bond motifs is 4. The van der Waals surface area contributed by atoms with Crippen molar-refractivity contribution in [2.45, 2.75) is 123 Å². The predicted octanol–water partition coefficient (Wildman–Crippen LogP) is 17.1. The molecule has 1 aliphatic carbocycles. The van der Waals surface area contributed by atoms with E-state index in [9.17, 15) is 67.8 Å². The molecule has 0 spiro atoms. The normalized spacial score (nSPS) is 14.7. The maximum atomic E-state index is 13.0. The van der Waals surface area contributed by atoms with E-state index in [0.29, 0.717) is 173 Å². The van der Waals surface area contributed by atoms with Crippen molar-refractivity contribution in [1.82, 2.24) is 106 Å². The number of carboxylic acid groups (broad SMARTS) is 1. The van der Waals surface area contributed by atoms with E-state index >= 15 is 0 Å². The maximum absolute atomic E-state index is 13.0. The third kappa shape index (κ3) is 25.9. The van der Waals surface area contributed by atoms with Gasteiger partial charge in [0.1, 0.15) is 36.0 Å². The molecule has 14 heterocycles. The van der Waals surface area contributed by atoms with Crippen molar-refractivity contribution in [2.75, 3.05) is 105 Å². The summed E-state index contributed by atoms with van der Waals surface area (Å²) in [6.07, 6.45) is 12.1. The lowest BCUT2D eigenvalue weighted by atomic mass is 9.80. The fraction of sp³-hybridized carbons (Fsp3) is 0.317. The van der Waals surface area contributed by atoms with Gasteiger partial charge in [-0.15, -0.1) is 0 Å². The Labute approximate surface area is 856 Å². The summed E-state index contributed by atoms with van der Waals surface area (Å²) in [5, 5.41) is 82.9. The number of thiazole rings is 4. The van der Waals surface area contributed by atoms with Crippen LogP contribution in [0.3, 0.4) is 0 Å². The molecule has 4 aromatic carbocycles. The first-order valence-corrected chi connectivity index (χ1v) is 50.6. The number of aliphatic hydroxyl groups excluding tert-OH is 4. The molecule has 2 unspecified atom stereocenters. The highest BCUT2D eigenvalue weighted by Gasteiger charge is 2.41. The highest BCUT2D eigenvalue weighted by atomic mass is 32.1. The molecular formula is C101H105F3N26O13S4. The van der Waals surface area contributed by atoms with Crippen LogP contribution >= 0.6 is 45.3 Å². The van der Waals surface area contributed by atoms with Crippen molar-refractivity contribution < 1.29 is 77.3 Å². The summed E-state index contributed by atoms with van der Waals surface area (Å²) in [5.74, 6) is 2.00. The lowest BCUT2D eigenvalue weighted by molar-refractivity contribution is -0.208. The van der Waals surface area contributed by atoms with Crippen LogP contribution in [0.4, 0.5) is 58.7 Å². The minimum atomic E-state index is -4.82. The van der Waals surface area contributed by atoms with E-state index in [1.807, 2.05) is 112 Å². The molecule has 3 fully saturated rings. The number of amides is 8. The van der Waals surface area contributed by atoms with Crippen molar-refractivity contribution in [3.8, 4) is 95.4 Å². The van der Waals surface area contributed by atoms with Gasteiger partial charge >= 0.3 is 36.3 Å². The number of anilines is 5. The minimum Gasteiger partial charge on any atom is -0.492 e. The molecule has 39 nitrogen and oxygen atoms in total. The number of hydrogen-bond acceptors (Lipinski definition) is 34. The van der Waals surface area contributed by atoms with E-state index in [-0.39, 0.29) is 23.9 Å². The first kappa shape index (κ1) is 105. The molecule has 19 rings (SSSR count). The lowest BCUT2D eigenvalue weighted by Crippen LogP contribution is -2.43. The van der Waals surface area contributed by atoms with E-state index < -0.39 is 59.3 Å². The van der Waals surface area contributed by atoms with Crippen LogP contribution in [0.2, 0.25) is 0 Å². The molecule has 12 aromatic heterocycles. The van der Waals surface area contributed by atoms with Gasteiger partial charge < -0.3 is 66.3 Å². The van der Waals surface area contributed by atoms with Gasteiger partial charge in [0.2, 0.25) is 0 Å². The van der Waals surface area contributed by atoms with Gasteiger partial charge in [-0.25, -0.2) is 79.0 Å². The van der Waals surface area contributed by atoms with Crippen LogP contribution in [0.5, 0.6) is 5.75 Å². The van der Waals surface area contributed by atoms with Crippen molar-refractivity contribution in [3.05, 3.63) is 207 Å². The van der Waals surface area contributed by atoms with Gasteiger partial charge in [0, 0.05) is 178 Å². The summed E-state index contributed by atoms with van der Waals surface area (Å²) in [6.45, 7) is 19.7. The Morgan fingerprint density at radius 2 is 0.884 bits per heavy atom. The number of piperidine rings is 1. The van der Waals surface area contributed by atoms with Gasteiger partial charge in [-0.05, 0) is 200 Å². The van der Waals surface area contributed by atoms with Crippen LogP contribution in [0.25, 0.3) is 131 Å². The number of morpholine rings is 1. The highest BCUT2D eigenvalue weighted by molar-refractivity contribution is 7.24. The van der Waals surface area contributed by atoms with Gasteiger partial charge in [0.15, 0.2) is 49.9 Å². The number of ether oxygens (including phenoxy) is 2. The molecule has 46 heteroatoms. The first-order valence-electron chi connectivity index (χ1n) is 47.4. The SMILES string of the molecule is CCNC(=O)Nc1nc2cc(-c3ccc(C(O)C(F)(F)F)nc3)cc(-c3cc(OCCN4CCOCC4)ccn3)c2s1.CCNC(=O)Nc1nc2cc(-c3cnc(C(C)O)nc3)cc(-c3nccc(N4CCC(C)(C(=O)O)CC4)n3)c2s1.CCNC(=O)Nc1nc2cc(-c3cnc(C4(O)CCCC4)nc3)cc(-c3ccccn3)c2s1.CCNC(=O)Nc1nc2cc(-c3cnc([C@@H](O)[C@@H](C)O)nc3)cc(-c3ccccn3)c2s1. The number of benzene rings is 4. The summed E-state index contributed by atoms with van der Waals surface area (Å²) in [4.78, 5) is 136. The number of carboxylic acids is 1. The Bertz CT molecular complexity index is 7310. The number of carbonyl (C=O) groups excluding carboxylic acids is 4. The molecule has 0 radical (unpaired) electrons. The van der Waals surface area contributed by atoms with Crippen molar-refractivity contribution >= 4 is 143 Å². The Balaban J connectivity index is 0.000000141. The summed E-state index contributed by atoms with van der Waals surface area (Å²) in [5.41, 5.74) is 11.8. The zero-order valence-electron chi connectivity index (χ0n) is 80.7. The number of urea groups is 4. The maximum Gasteiger partial charge on any atom is 0.420 e. The molecular weight excluding hydrogens is 1970 g/mol. The molecule has 4 atom stereocenters. The lowest BCUT2D eigenvalue weighted by Gasteiger charge is -2.37. The summed E-state index contributed by atoms with van der Waals surface area (Å²) < 4.78 is 53.7. The number of aliphatic carboxylic acids is 1. The number of hydrogen-bond donors (Lipinski definition) is 14. The Morgan fingerprint density at radius 3 is 1.31 bits per heavy atom. The second-order valence-electron chi connectivity index (χ2n) is 34.7. The smallest absolute Gasteiger partial charge is 0.420 e. The summed E-state index contributed by atoms with van der Waals surface area (Å²) >= 11 is 5.37. The molecule has 0 bridgehead atoms. The molecule has 2 aliphatic heterocycles. The molecule has 3 aliphatic rings. The number of nitrogens with zero attached hydrogens (tertiary/aromatic N) is 18. The van der Waals surface area contributed by atoms with Crippen molar-refractivity contribution in [2.24, 2.45) is 5.41 Å². The fourth-order valence-electron chi connectivity index (χ4n) is 16.2. The average Bonchev–Trinajstić information content (AvgIpc) is 1.69. The number of nitrogens with one attached hydrogen (secondary N) is 8. The minimum absolute atomic E-state index is 0.150. The van der Waals surface area contributed by atoms with Crippen LogP contribution in [-0.4, -0.2) is 236 Å². The quantitative estimate of drug-likeness (QED) is 0.0227.